The molecule has 4 aromatic rings. The monoisotopic (exact) mass is 333 g/mol. The Morgan fingerprint density at radius 1 is 1.08 bits per heavy atom. The van der Waals surface area contributed by atoms with Crippen molar-refractivity contribution < 1.29 is 4.74 Å². The second kappa shape index (κ2) is 5.24. The lowest BCUT2D eigenvalue weighted by molar-refractivity contribution is 0.472. The Balaban J connectivity index is 1.69. The molecule has 1 aromatic carbocycles. The van der Waals surface area contributed by atoms with E-state index in [-0.39, 0.29) is 0 Å². The van der Waals surface area contributed by atoms with Crippen molar-refractivity contribution in [3.8, 4) is 11.6 Å². The summed E-state index contributed by atoms with van der Waals surface area (Å²) in [5, 5.41) is 2.15. The molecule has 3 heterocycles. The number of benzene rings is 1. The van der Waals surface area contributed by atoms with Crippen molar-refractivity contribution in [2.24, 2.45) is 0 Å². The molecule has 0 spiro atoms. The number of hydrogen-bond donors (Lipinski definition) is 0. The summed E-state index contributed by atoms with van der Waals surface area (Å²) < 4.78 is 6.24. The molecule has 5 rings (SSSR count). The molecule has 0 unspecified atom stereocenters. The van der Waals surface area contributed by atoms with E-state index in [0.717, 1.165) is 45.4 Å². The van der Waals surface area contributed by atoms with E-state index in [4.69, 9.17) is 4.74 Å². The largest absolute Gasteiger partial charge is 0.436 e. The second-order valence-corrected chi connectivity index (χ2v) is 7.18. The molecular formula is C19H15N3OS. The number of pyridine rings is 1. The molecule has 0 radical (unpaired) electrons. The van der Waals surface area contributed by atoms with Gasteiger partial charge in [0.15, 0.2) is 5.75 Å². The van der Waals surface area contributed by atoms with E-state index in [1.807, 2.05) is 31.2 Å². The summed E-state index contributed by atoms with van der Waals surface area (Å²) in [5.41, 5.74) is 3.22. The van der Waals surface area contributed by atoms with E-state index in [0.29, 0.717) is 5.88 Å². The minimum atomic E-state index is 0.648. The topological polar surface area (TPSA) is 47.9 Å². The summed E-state index contributed by atoms with van der Waals surface area (Å²) >= 11 is 1.77. The van der Waals surface area contributed by atoms with Crippen molar-refractivity contribution in [2.45, 2.75) is 26.2 Å². The van der Waals surface area contributed by atoms with Crippen molar-refractivity contribution in [1.29, 1.82) is 0 Å². The summed E-state index contributed by atoms with van der Waals surface area (Å²) in [6.07, 6.45) is 5.03. The maximum Gasteiger partial charge on any atom is 0.231 e. The molecule has 1 aliphatic rings. The Bertz CT molecular complexity index is 1090. The lowest BCUT2D eigenvalue weighted by Crippen LogP contribution is -1.94. The fourth-order valence-corrected chi connectivity index (χ4v) is 4.60. The van der Waals surface area contributed by atoms with Gasteiger partial charge in [0.25, 0.3) is 0 Å². The summed E-state index contributed by atoms with van der Waals surface area (Å²) in [6, 6.07) is 10.1. The lowest BCUT2D eigenvalue weighted by Gasteiger charge is -2.09. The first kappa shape index (κ1) is 13.9. The van der Waals surface area contributed by atoms with Gasteiger partial charge in [0.05, 0.1) is 5.39 Å². The molecule has 0 atom stereocenters. The first-order valence-corrected chi connectivity index (χ1v) is 8.91. The zero-order valence-electron chi connectivity index (χ0n) is 13.2. The van der Waals surface area contributed by atoms with Gasteiger partial charge in [-0.15, -0.1) is 11.3 Å². The normalized spacial score (nSPS) is 13.5. The number of nitrogens with zero attached hydrogens (tertiary/aromatic N) is 3. The predicted octanol–water partition coefficient (Wildman–Crippen LogP) is 4.83. The van der Waals surface area contributed by atoms with E-state index in [1.54, 1.807) is 17.7 Å². The Hall–Kier alpha value is -2.53. The third-order valence-electron chi connectivity index (χ3n) is 4.50. The standard InChI is InChI=1S/C19H15N3OS/c1-11-8-9-12-4-2-6-14(17(12)22-11)23-18-16-13-5-3-7-15(13)24-19(16)21-10-20-18/h2,4,6,8-10H,3,5,7H2,1H3. The Labute approximate surface area is 143 Å². The van der Waals surface area contributed by atoms with E-state index >= 15 is 0 Å². The van der Waals surface area contributed by atoms with Crippen molar-refractivity contribution >= 4 is 32.5 Å². The van der Waals surface area contributed by atoms with Gasteiger partial charge in [-0.25, -0.2) is 15.0 Å². The molecule has 0 N–H and O–H groups in total. The van der Waals surface area contributed by atoms with Crippen LogP contribution in [-0.4, -0.2) is 15.0 Å². The molecule has 118 valence electrons. The van der Waals surface area contributed by atoms with Crippen LogP contribution in [0, 0.1) is 6.92 Å². The summed E-state index contributed by atoms with van der Waals surface area (Å²) in [5.74, 6) is 1.39. The van der Waals surface area contributed by atoms with E-state index in [9.17, 15) is 0 Å². The van der Waals surface area contributed by atoms with Crippen LogP contribution in [-0.2, 0) is 12.8 Å². The van der Waals surface area contributed by atoms with Gasteiger partial charge < -0.3 is 4.74 Å². The van der Waals surface area contributed by atoms with Gasteiger partial charge in [-0.05, 0) is 43.9 Å². The van der Waals surface area contributed by atoms with Crippen molar-refractivity contribution in [2.75, 3.05) is 0 Å². The fourth-order valence-electron chi connectivity index (χ4n) is 3.38. The lowest BCUT2D eigenvalue weighted by atomic mass is 10.2. The summed E-state index contributed by atoms with van der Waals surface area (Å²) in [6.45, 7) is 1.99. The number of para-hydroxylation sites is 1. The van der Waals surface area contributed by atoms with Crippen molar-refractivity contribution in [3.05, 3.63) is 52.8 Å². The van der Waals surface area contributed by atoms with Crippen LogP contribution in [0.5, 0.6) is 11.6 Å². The smallest absolute Gasteiger partial charge is 0.231 e. The average molecular weight is 333 g/mol. The van der Waals surface area contributed by atoms with Gasteiger partial charge in [0.1, 0.15) is 16.7 Å². The van der Waals surface area contributed by atoms with Crippen LogP contribution >= 0.6 is 11.3 Å². The molecule has 1 aliphatic carbocycles. The van der Waals surface area contributed by atoms with Crippen LogP contribution in [0.3, 0.4) is 0 Å². The zero-order chi connectivity index (χ0) is 16.1. The van der Waals surface area contributed by atoms with Gasteiger partial charge in [0.2, 0.25) is 5.88 Å². The quantitative estimate of drug-likeness (QED) is 0.527. The molecule has 3 aromatic heterocycles. The molecule has 24 heavy (non-hydrogen) atoms. The highest BCUT2D eigenvalue weighted by molar-refractivity contribution is 7.18. The summed E-state index contributed by atoms with van der Waals surface area (Å²) in [7, 11) is 0. The molecule has 5 heteroatoms. The molecule has 0 saturated heterocycles. The summed E-state index contributed by atoms with van der Waals surface area (Å²) in [4.78, 5) is 16.0. The van der Waals surface area contributed by atoms with Crippen LogP contribution in [0.15, 0.2) is 36.7 Å². The maximum atomic E-state index is 6.24. The number of aryl methyl sites for hydroxylation is 3. The molecular weight excluding hydrogens is 318 g/mol. The minimum absolute atomic E-state index is 0.648. The molecule has 4 nitrogen and oxygen atoms in total. The van der Waals surface area contributed by atoms with Gasteiger partial charge in [-0.3, -0.25) is 0 Å². The number of thiophene rings is 1. The molecule has 0 saturated carbocycles. The zero-order valence-corrected chi connectivity index (χ0v) is 14.1. The van der Waals surface area contributed by atoms with Gasteiger partial charge in [0, 0.05) is 16.0 Å². The van der Waals surface area contributed by atoms with Crippen LogP contribution < -0.4 is 4.74 Å². The van der Waals surface area contributed by atoms with Crippen LogP contribution in [0.25, 0.3) is 21.1 Å². The van der Waals surface area contributed by atoms with Crippen molar-refractivity contribution in [1.82, 2.24) is 15.0 Å². The van der Waals surface area contributed by atoms with E-state index in [2.05, 4.69) is 21.0 Å². The second-order valence-electron chi connectivity index (χ2n) is 6.10. The first-order chi connectivity index (χ1) is 11.8. The highest BCUT2D eigenvalue weighted by Gasteiger charge is 2.22. The third-order valence-corrected chi connectivity index (χ3v) is 5.70. The van der Waals surface area contributed by atoms with E-state index in [1.165, 1.54) is 16.9 Å². The van der Waals surface area contributed by atoms with Gasteiger partial charge in [-0.2, -0.15) is 0 Å². The van der Waals surface area contributed by atoms with Crippen LogP contribution in [0.4, 0.5) is 0 Å². The molecule has 0 aliphatic heterocycles. The highest BCUT2D eigenvalue weighted by atomic mass is 32.1. The molecule has 0 amide bonds. The van der Waals surface area contributed by atoms with Crippen LogP contribution in [0.1, 0.15) is 22.6 Å². The van der Waals surface area contributed by atoms with Gasteiger partial charge in [-0.1, -0.05) is 18.2 Å². The average Bonchev–Trinajstić information content (AvgIpc) is 3.16. The molecule has 0 bridgehead atoms. The number of fused-ring (bicyclic) bond motifs is 4. The van der Waals surface area contributed by atoms with Crippen molar-refractivity contribution in [3.63, 3.8) is 0 Å². The Morgan fingerprint density at radius 3 is 3.00 bits per heavy atom. The predicted molar refractivity (Wildman–Crippen MR) is 96.0 cm³/mol. The van der Waals surface area contributed by atoms with E-state index < -0.39 is 0 Å². The fraction of sp³-hybridized carbons (Fsp3) is 0.211. The highest BCUT2D eigenvalue weighted by Crippen LogP contribution is 2.41. The SMILES string of the molecule is Cc1ccc2cccc(Oc3ncnc4sc5c(c34)CCC5)c2n1. The van der Waals surface area contributed by atoms with Gasteiger partial charge >= 0.3 is 0 Å². The third kappa shape index (κ3) is 2.08. The van der Waals surface area contributed by atoms with Crippen LogP contribution in [0.2, 0.25) is 0 Å². The number of rotatable bonds is 2. The number of ether oxygens (including phenoxy) is 1. The first-order valence-electron chi connectivity index (χ1n) is 8.09. The minimum Gasteiger partial charge on any atom is -0.436 e. The Morgan fingerprint density at radius 2 is 2.04 bits per heavy atom. The number of aromatic nitrogens is 3. The number of hydrogen-bond acceptors (Lipinski definition) is 5. The Kier molecular flexibility index (Phi) is 3.03. The molecule has 0 fully saturated rings. The maximum absolute atomic E-state index is 6.24.